The molecule has 8 nitrogen and oxygen atoms in total. The number of piperazine rings is 1. The summed E-state index contributed by atoms with van der Waals surface area (Å²) < 4.78 is 0. The second kappa shape index (κ2) is 7.19. The van der Waals surface area contributed by atoms with E-state index in [-0.39, 0.29) is 24.4 Å². The van der Waals surface area contributed by atoms with Gasteiger partial charge in [-0.25, -0.2) is 0 Å². The first-order valence-electron chi connectivity index (χ1n) is 9.44. The van der Waals surface area contributed by atoms with Gasteiger partial charge in [0.15, 0.2) is 0 Å². The van der Waals surface area contributed by atoms with Crippen molar-refractivity contribution >= 4 is 29.2 Å². The van der Waals surface area contributed by atoms with E-state index in [2.05, 4.69) is 27.2 Å². The van der Waals surface area contributed by atoms with Gasteiger partial charge in [0, 0.05) is 56.1 Å². The number of nitrogens with one attached hydrogen (secondary N) is 1. The van der Waals surface area contributed by atoms with Crippen LogP contribution in [-0.4, -0.2) is 73.1 Å². The van der Waals surface area contributed by atoms with Gasteiger partial charge in [0.25, 0.3) is 0 Å². The Balaban J connectivity index is 1.50. The van der Waals surface area contributed by atoms with Crippen molar-refractivity contribution in [1.29, 1.82) is 0 Å². The molecule has 3 aliphatic heterocycles. The maximum Gasteiger partial charge on any atom is 0.317 e. The van der Waals surface area contributed by atoms with Crippen LogP contribution in [0.2, 0.25) is 0 Å². The highest BCUT2D eigenvalue weighted by Gasteiger charge is 2.36. The lowest BCUT2D eigenvalue weighted by molar-refractivity contribution is -0.138. The average molecular weight is 372 g/mol. The molecule has 1 aromatic carbocycles. The molecule has 0 bridgehead atoms. The molecule has 8 heteroatoms. The van der Waals surface area contributed by atoms with Crippen molar-refractivity contribution in [2.24, 2.45) is 0 Å². The minimum atomic E-state index is -0.788. The monoisotopic (exact) mass is 372 g/mol. The van der Waals surface area contributed by atoms with Gasteiger partial charge in [0.2, 0.25) is 11.8 Å². The predicted molar refractivity (Wildman–Crippen MR) is 100.0 cm³/mol. The zero-order chi connectivity index (χ0) is 19.0. The molecule has 2 fully saturated rings. The molecule has 0 aromatic heterocycles. The Hall–Kier alpha value is -2.61. The molecular weight excluding hydrogens is 348 g/mol. The molecule has 0 radical (unpaired) electrons. The molecule has 3 heterocycles. The lowest BCUT2D eigenvalue weighted by Gasteiger charge is -2.36. The van der Waals surface area contributed by atoms with E-state index < -0.39 is 5.97 Å². The first-order chi connectivity index (χ1) is 13.0. The lowest BCUT2D eigenvalue weighted by atomic mass is 10.0. The van der Waals surface area contributed by atoms with Crippen LogP contribution < -0.4 is 15.1 Å². The molecule has 2 amide bonds. The topological polar surface area (TPSA) is 93.2 Å². The first kappa shape index (κ1) is 17.8. The Morgan fingerprint density at radius 1 is 1.07 bits per heavy atom. The Morgan fingerprint density at radius 3 is 2.52 bits per heavy atom. The Labute approximate surface area is 157 Å². The molecule has 144 valence electrons. The number of nitrogens with zero attached hydrogens (tertiary/aromatic N) is 3. The van der Waals surface area contributed by atoms with Crippen LogP contribution >= 0.6 is 0 Å². The van der Waals surface area contributed by atoms with Gasteiger partial charge in [0.05, 0.1) is 6.54 Å². The van der Waals surface area contributed by atoms with E-state index in [1.54, 1.807) is 0 Å². The quantitative estimate of drug-likeness (QED) is 0.722. The smallest absolute Gasteiger partial charge is 0.317 e. The van der Waals surface area contributed by atoms with Crippen molar-refractivity contribution in [2.45, 2.75) is 25.3 Å². The molecule has 0 aliphatic carbocycles. The maximum absolute atomic E-state index is 12.3. The summed E-state index contributed by atoms with van der Waals surface area (Å²) in [6, 6.07) is 5.89. The number of hydrogen-bond acceptors (Lipinski definition) is 6. The minimum absolute atomic E-state index is 0.0873. The minimum Gasteiger partial charge on any atom is -0.480 e. The van der Waals surface area contributed by atoms with Gasteiger partial charge in [-0.3, -0.25) is 24.6 Å². The van der Waals surface area contributed by atoms with Crippen molar-refractivity contribution in [2.75, 3.05) is 49.1 Å². The van der Waals surface area contributed by atoms with Crippen LogP contribution in [0.25, 0.3) is 0 Å². The fourth-order valence-corrected chi connectivity index (χ4v) is 4.38. The van der Waals surface area contributed by atoms with E-state index >= 15 is 0 Å². The van der Waals surface area contributed by atoms with Gasteiger partial charge in [-0.2, -0.15) is 0 Å². The average Bonchev–Trinajstić information content (AvgIpc) is 3.06. The number of piperidine rings is 1. The lowest BCUT2D eigenvalue weighted by Crippen LogP contribution is -2.52. The fraction of sp³-hybridized carbons (Fsp3) is 0.526. The Bertz CT molecular complexity index is 773. The van der Waals surface area contributed by atoms with Crippen LogP contribution in [0.1, 0.15) is 18.4 Å². The summed E-state index contributed by atoms with van der Waals surface area (Å²) in [5.74, 6) is -1.18. The van der Waals surface area contributed by atoms with Gasteiger partial charge < -0.3 is 14.9 Å². The highest BCUT2D eigenvalue weighted by molar-refractivity contribution is 6.02. The molecule has 1 aromatic rings. The molecule has 2 saturated heterocycles. The van der Waals surface area contributed by atoms with Gasteiger partial charge >= 0.3 is 5.97 Å². The summed E-state index contributed by atoms with van der Waals surface area (Å²) >= 11 is 0. The number of carboxylic acids is 1. The van der Waals surface area contributed by atoms with Crippen LogP contribution in [0.4, 0.5) is 11.4 Å². The number of anilines is 2. The third-order valence-corrected chi connectivity index (χ3v) is 5.70. The maximum atomic E-state index is 12.3. The molecular formula is C19H24N4O4. The summed E-state index contributed by atoms with van der Waals surface area (Å²) in [5, 5.41) is 11.4. The Morgan fingerprint density at radius 2 is 1.81 bits per heavy atom. The first-order valence-corrected chi connectivity index (χ1v) is 9.44. The largest absolute Gasteiger partial charge is 0.480 e. The third-order valence-electron chi connectivity index (χ3n) is 5.70. The summed E-state index contributed by atoms with van der Waals surface area (Å²) in [7, 11) is 0. The molecule has 2 N–H and O–H groups in total. The molecule has 3 aliphatic rings. The predicted octanol–water partition coefficient (Wildman–Crippen LogP) is 0.0609. The zero-order valence-electron chi connectivity index (χ0n) is 15.2. The number of carbonyl (C=O) groups excluding carboxylic acids is 2. The molecule has 0 saturated carbocycles. The molecule has 27 heavy (non-hydrogen) atoms. The van der Waals surface area contributed by atoms with E-state index in [9.17, 15) is 14.4 Å². The number of fused-ring (bicyclic) bond motifs is 1. The van der Waals surface area contributed by atoms with Crippen LogP contribution in [0.5, 0.6) is 0 Å². The van der Waals surface area contributed by atoms with Crippen molar-refractivity contribution in [1.82, 2.24) is 10.2 Å². The summed E-state index contributed by atoms with van der Waals surface area (Å²) in [6.45, 7) is 3.91. The SMILES string of the molecule is O=C(O)CN1CCN(c2cccc3c2CCN3C2CCC(=O)NC2=O)CC1. The number of imide groups is 1. The fourth-order valence-electron chi connectivity index (χ4n) is 4.38. The number of amides is 2. The normalized spacial score (nSPS) is 23.3. The van der Waals surface area contributed by atoms with Crippen LogP contribution in [0, 0.1) is 0 Å². The van der Waals surface area contributed by atoms with Crippen LogP contribution in [0.3, 0.4) is 0 Å². The second-order valence-corrected chi connectivity index (χ2v) is 7.34. The molecule has 0 spiro atoms. The summed E-state index contributed by atoms with van der Waals surface area (Å²) in [5.41, 5.74) is 3.50. The van der Waals surface area contributed by atoms with E-state index in [1.165, 1.54) is 11.3 Å². The van der Waals surface area contributed by atoms with Crippen molar-refractivity contribution in [3.05, 3.63) is 23.8 Å². The van der Waals surface area contributed by atoms with E-state index in [1.807, 2.05) is 11.0 Å². The van der Waals surface area contributed by atoms with Crippen LogP contribution in [-0.2, 0) is 20.8 Å². The summed E-state index contributed by atoms with van der Waals surface area (Å²) in [6.07, 6.45) is 1.81. The molecule has 1 unspecified atom stereocenters. The molecule has 4 rings (SSSR count). The van der Waals surface area contributed by atoms with E-state index in [0.717, 1.165) is 44.8 Å². The van der Waals surface area contributed by atoms with E-state index in [0.29, 0.717) is 12.8 Å². The number of carboxylic acid groups (broad SMARTS) is 1. The molecule has 1 atom stereocenters. The highest BCUT2D eigenvalue weighted by Crippen LogP contribution is 2.38. The number of hydrogen-bond donors (Lipinski definition) is 2. The van der Waals surface area contributed by atoms with Crippen molar-refractivity contribution in [3.8, 4) is 0 Å². The van der Waals surface area contributed by atoms with Crippen molar-refractivity contribution in [3.63, 3.8) is 0 Å². The zero-order valence-corrected chi connectivity index (χ0v) is 15.2. The van der Waals surface area contributed by atoms with Gasteiger partial charge in [-0.15, -0.1) is 0 Å². The third kappa shape index (κ3) is 3.49. The van der Waals surface area contributed by atoms with Crippen LogP contribution in [0.15, 0.2) is 18.2 Å². The summed E-state index contributed by atoms with van der Waals surface area (Å²) in [4.78, 5) is 41.0. The van der Waals surface area contributed by atoms with Gasteiger partial charge in [-0.1, -0.05) is 6.07 Å². The highest BCUT2D eigenvalue weighted by atomic mass is 16.4. The Kier molecular flexibility index (Phi) is 4.73. The number of benzene rings is 1. The van der Waals surface area contributed by atoms with Gasteiger partial charge in [-0.05, 0) is 25.0 Å². The number of carbonyl (C=O) groups is 3. The van der Waals surface area contributed by atoms with Gasteiger partial charge in [0.1, 0.15) is 6.04 Å². The second-order valence-electron chi connectivity index (χ2n) is 7.34. The number of aliphatic carboxylic acids is 1. The standard InChI is InChI=1S/C19H24N4O4/c24-17-5-4-16(19(27)20-17)23-7-6-13-14(2-1-3-15(13)23)22-10-8-21(9-11-22)12-18(25)26/h1-3,16H,4-12H2,(H,25,26)(H,20,24,27). The number of rotatable bonds is 4. The van der Waals surface area contributed by atoms with E-state index in [4.69, 9.17) is 5.11 Å². The van der Waals surface area contributed by atoms with Crippen molar-refractivity contribution < 1.29 is 19.5 Å².